The fourth-order valence-corrected chi connectivity index (χ4v) is 1.98. The van der Waals surface area contributed by atoms with Gasteiger partial charge >= 0.3 is 0 Å². The van der Waals surface area contributed by atoms with Gasteiger partial charge in [0.15, 0.2) is 0 Å². The zero-order chi connectivity index (χ0) is 14.7. The second-order valence-corrected chi connectivity index (χ2v) is 4.60. The van der Waals surface area contributed by atoms with Crippen LogP contribution in [-0.2, 0) is 11.3 Å². The summed E-state index contributed by atoms with van der Waals surface area (Å²) in [4.78, 5) is 37.4. The number of benzene rings is 1. The SMILES string of the molecule is CCN(C)C(=O)CCn1[nH]c(=O)c2ccccc2c1=O. The van der Waals surface area contributed by atoms with Crippen molar-refractivity contribution < 1.29 is 4.79 Å². The van der Waals surface area contributed by atoms with Gasteiger partial charge in [0.2, 0.25) is 5.91 Å². The van der Waals surface area contributed by atoms with Crippen molar-refractivity contribution in [3.05, 3.63) is 45.0 Å². The van der Waals surface area contributed by atoms with E-state index in [9.17, 15) is 14.4 Å². The Labute approximate surface area is 115 Å². The molecule has 0 radical (unpaired) electrons. The highest BCUT2D eigenvalue weighted by molar-refractivity contribution is 5.80. The third-order valence-corrected chi connectivity index (χ3v) is 3.33. The van der Waals surface area contributed by atoms with E-state index in [1.54, 1.807) is 36.2 Å². The van der Waals surface area contributed by atoms with Gasteiger partial charge in [0.1, 0.15) is 0 Å². The molecule has 106 valence electrons. The van der Waals surface area contributed by atoms with Crippen LogP contribution in [-0.4, -0.2) is 34.2 Å². The molecule has 0 saturated carbocycles. The van der Waals surface area contributed by atoms with Crippen LogP contribution >= 0.6 is 0 Å². The lowest BCUT2D eigenvalue weighted by Gasteiger charge is -2.14. The Bertz CT molecular complexity index is 745. The van der Waals surface area contributed by atoms with Crippen LogP contribution in [0.25, 0.3) is 10.8 Å². The van der Waals surface area contributed by atoms with Gasteiger partial charge in [-0.2, -0.15) is 0 Å². The molecule has 1 N–H and O–H groups in total. The van der Waals surface area contributed by atoms with Crippen LogP contribution in [0.3, 0.4) is 0 Å². The normalized spacial score (nSPS) is 10.7. The van der Waals surface area contributed by atoms with Gasteiger partial charge in [-0.05, 0) is 19.1 Å². The molecule has 0 aliphatic carbocycles. The van der Waals surface area contributed by atoms with E-state index in [1.807, 2.05) is 6.92 Å². The molecule has 1 amide bonds. The van der Waals surface area contributed by atoms with E-state index in [-0.39, 0.29) is 30.0 Å². The molecule has 2 aromatic rings. The number of rotatable bonds is 4. The van der Waals surface area contributed by atoms with Crippen LogP contribution < -0.4 is 11.1 Å². The number of aryl methyl sites for hydroxylation is 1. The minimum absolute atomic E-state index is 0.0617. The number of nitrogens with zero attached hydrogens (tertiary/aromatic N) is 2. The summed E-state index contributed by atoms with van der Waals surface area (Å²) in [7, 11) is 1.70. The van der Waals surface area contributed by atoms with Crippen molar-refractivity contribution in [3.8, 4) is 0 Å². The molecule has 0 spiro atoms. The van der Waals surface area contributed by atoms with E-state index >= 15 is 0 Å². The Balaban J connectivity index is 2.32. The number of amides is 1. The number of hydrogen-bond donors (Lipinski definition) is 1. The molecule has 1 aromatic carbocycles. The first-order chi connectivity index (χ1) is 9.54. The summed E-state index contributed by atoms with van der Waals surface area (Å²) in [5.41, 5.74) is -0.608. The molecule has 0 aliphatic heterocycles. The number of fused-ring (bicyclic) bond motifs is 1. The molecular formula is C14H17N3O3. The first-order valence-electron chi connectivity index (χ1n) is 6.50. The summed E-state index contributed by atoms with van der Waals surface area (Å²) < 4.78 is 1.20. The predicted molar refractivity (Wildman–Crippen MR) is 76.8 cm³/mol. The first-order valence-corrected chi connectivity index (χ1v) is 6.50. The van der Waals surface area contributed by atoms with Crippen molar-refractivity contribution in [2.45, 2.75) is 19.9 Å². The molecule has 1 heterocycles. The quantitative estimate of drug-likeness (QED) is 0.885. The average molecular weight is 275 g/mol. The van der Waals surface area contributed by atoms with Gasteiger partial charge in [0.05, 0.1) is 17.3 Å². The second kappa shape index (κ2) is 5.73. The second-order valence-electron chi connectivity index (χ2n) is 4.60. The van der Waals surface area contributed by atoms with E-state index in [0.29, 0.717) is 17.3 Å². The van der Waals surface area contributed by atoms with Crippen molar-refractivity contribution in [3.63, 3.8) is 0 Å². The van der Waals surface area contributed by atoms with Crippen LogP contribution in [0.5, 0.6) is 0 Å². The van der Waals surface area contributed by atoms with Crippen molar-refractivity contribution >= 4 is 16.7 Å². The van der Waals surface area contributed by atoms with Gasteiger partial charge in [-0.15, -0.1) is 0 Å². The number of H-pyrrole nitrogens is 1. The largest absolute Gasteiger partial charge is 0.346 e. The van der Waals surface area contributed by atoms with Gasteiger partial charge in [-0.1, -0.05) is 12.1 Å². The summed E-state index contributed by atoms with van der Waals surface area (Å²) in [6, 6.07) is 6.64. The van der Waals surface area contributed by atoms with Crippen LogP contribution in [0.4, 0.5) is 0 Å². The minimum atomic E-state index is -0.323. The van der Waals surface area contributed by atoms with Gasteiger partial charge in [-0.25, -0.2) is 4.68 Å². The molecule has 6 nitrogen and oxygen atoms in total. The standard InChI is InChI=1S/C14H17N3O3/c1-3-16(2)12(18)8-9-17-14(20)11-7-5-4-6-10(11)13(19)15-17/h4-7H,3,8-9H2,1-2H3,(H,15,19). The van der Waals surface area contributed by atoms with Gasteiger partial charge in [-0.3, -0.25) is 19.5 Å². The molecule has 1 aromatic heterocycles. The number of carbonyl (C=O) groups excluding carboxylic acids is 1. The molecule has 0 aliphatic rings. The fraction of sp³-hybridized carbons (Fsp3) is 0.357. The fourth-order valence-electron chi connectivity index (χ4n) is 1.98. The maximum Gasteiger partial charge on any atom is 0.273 e. The van der Waals surface area contributed by atoms with Crippen LogP contribution in [0.2, 0.25) is 0 Å². The highest BCUT2D eigenvalue weighted by Gasteiger charge is 2.10. The van der Waals surface area contributed by atoms with E-state index in [2.05, 4.69) is 5.10 Å². The Morgan fingerprint density at radius 1 is 1.25 bits per heavy atom. The minimum Gasteiger partial charge on any atom is -0.346 e. The number of aromatic nitrogens is 2. The highest BCUT2D eigenvalue weighted by atomic mass is 16.2. The topological polar surface area (TPSA) is 75.2 Å². The van der Waals surface area contributed by atoms with Crippen molar-refractivity contribution in [2.24, 2.45) is 0 Å². The Morgan fingerprint density at radius 2 is 1.90 bits per heavy atom. The summed E-state index contributed by atoms with van der Waals surface area (Å²) in [5.74, 6) is -0.0617. The third kappa shape index (κ3) is 2.64. The van der Waals surface area contributed by atoms with Gasteiger partial charge < -0.3 is 4.90 Å². The zero-order valence-electron chi connectivity index (χ0n) is 11.5. The Kier molecular flexibility index (Phi) is 4.02. The van der Waals surface area contributed by atoms with Gasteiger partial charge in [0, 0.05) is 20.0 Å². The molecule has 20 heavy (non-hydrogen) atoms. The smallest absolute Gasteiger partial charge is 0.273 e. The monoisotopic (exact) mass is 275 g/mol. The molecular weight excluding hydrogens is 258 g/mol. The maximum atomic E-state index is 12.2. The number of carbonyl (C=O) groups is 1. The summed E-state index contributed by atoms with van der Waals surface area (Å²) in [6.45, 7) is 2.66. The van der Waals surface area contributed by atoms with E-state index < -0.39 is 0 Å². The molecule has 0 saturated heterocycles. The van der Waals surface area contributed by atoms with Crippen molar-refractivity contribution in [1.29, 1.82) is 0 Å². The zero-order valence-corrected chi connectivity index (χ0v) is 11.5. The first kappa shape index (κ1) is 14.0. The third-order valence-electron chi connectivity index (χ3n) is 3.33. The summed E-state index contributed by atoms with van der Waals surface area (Å²) in [6.07, 6.45) is 0.179. The van der Waals surface area contributed by atoms with Gasteiger partial charge in [0.25, 0.3) is 11.1 Å². The van der Waals surface area contributed by atoms with E-state index in [1.165, 1.54) is 4.68 Å². The number of nitrogens with one attached hydrogen (secondary N) is 1. The highest BCUT2D eigenvalue weighted by Crippen LogP contribution is 2.02. The molecule has 0 bridgehead atoms. The van der Waals surface area contributed by atoms with Crippen LogP contribution in [0, 0.1) is 0 Å². The predicted octanol–water partition coefficient (Wildman–Crippen LogP) is 0.558. The Morgan fingerprint density at radius 3 is 2.55 bits per heavy atom. The van der Waals surface area contributed by atoms with E-state index in [0.717, 1.165) is 0 Å². The summed E-state index contributed by atoms with van der Waals surface area (Å²) >= 11 is 0. The number of aromatic amines is 1. The van der Waals surface area contributed by atoms with E-state index in [4.69, 9.17) is 0 Å². The lowest BCUT2D eigenvalue weighted by atomic mass is 10.2. The van der Waals surface area contributed by atoms with Crippen LogP contribution in [0.1, 0.15) is 13.3 Å². The lowest BCUT2D eigenvalue weighted by Crippen LogP contribution is -2.33. The maximum absolute atomic E-state index is 12.2. The van der Waals surface area contributed by atoms with Crippen molar-refractivity contribution in [2.75, 3.05) is 13.6 Å². The average Bonchev–Trinajstić information content (AvgIpc) is 2.48. The molecule has 6 heteroatoms. The molecule has 2 rings (SSSR count). The number of hydrogen-bond acceptors (Lipinski definition) is 3. The molecule has 0 unspecified atom stereocenters. The molecule has 0 fully saturated rings. The Hall–Kier alpha value is -2.37. The lowest BCUT2D eigenvalue weighted by molar-refractivity contribution is -0.129. The van der Waals surface area contributed by atoms with Crippen molar-refractivity contribution in [1.82, 2.24) is 14.7 Å². The molecule has 0 atom stereocenters. The summed E-state index contributed by atoms with van der Waals surface area (Å²) in [5, 5.41) is 3.24. The van der Waals surface area contributed by atoms with Crippen LogP contribution in [0.15, 0.2) is 33.9 Å².